The summed E-state index contributed by atoms with van der Waals surface area (Å²) in [6.45, 7) is -0.912. The Balaban J connectivity index is 1.90. The Morgan fingerprint density at radius 3 is 2.84 bits per heavy atom. The van der Waals surface area contributed by atoms with Crippen LogP contribution in [0.2, 0.25) is 0 Å². The molecule has 0 spiro atoms. The van der Waals surface area contributed by atoms with Crippen LogP contribution in [0.5, 0.6) is 5.75 Å². The van der Waals surface area contributed by atoms with Gasteiger partial charge in [0.15, 0.2) is 5.13 Å². The lowest BCUT2D eigenvalue weighted by Crippen LogP contribution is -2.14. The van der Waals surface area contributed by atoms with Crippen molar-refractivity contribution in [3.05, 3.63) is 40.9 Å². The lowest BCUT2D eigenvalue weighted by molar-refractivity contribution is -0.142. The first-order valence-corrected chi connectivity index (χ1v) is 8.28. The van der Waals surface area contributed by atoms with Crippen molar-refractivity contribution in [2.45, 2.75) is 26.4 Å². The van der Waals surface area contributed by atoms with Crippen LogP contribution in [0.4, 0.5) is 13.9 Å². The third kappa shape index (κ3) is 6.46. The number of carbonyl (C=O) groups excluding carboxylic acids is 2. The Hall–Kier alpha value is -2.55. The number of nitrogens with one attached hydrogen (secondary N) is 1. The third-order valence-corrected chi connectivity index (χ3v) is 3.72. The molecule has 25 heavy (non-hydrogen) atoms. The number of alkyl halides is 2. The van der Waals surface area contributed by atoms with Crippen molar-refractivity contribution >= 4 is 28.3 Å². The van der Waals surface area contributed by atoms with Crippen molar-refractivity contribution < 1.29 is 27.8 Å². The van der Waals surface area contributed by atoms with Gasteiger partial charge in [-0.15, -0.1) is 11.3 Å². The molecule has 0 atom stereocenters. The van der Waals surface area contributed by atoms with Gasteiger partial charge >= 0.3 is 12.6 Å². The summed E-state index contributed by atoms with van der Waals surface area (Å²) >= 11 is 1.19. The summed E-state index contributed by atoms with van der Waals surface area (Å²) in [6.07, 6.45) is 0.0143. The van der Waals surface area contributed by atoms with Gasteiger partial charge in [-0.05, 0) is 24.6 Å². The normalized spacial score (nSPS) is 10.6. The van der Waals surface area contributed by atoms with Crippen LogP contribution in [0.3, 0.4) is 0 Å². The molecule has 1 heterocycles. The van der Waals surface area contributed by atoms with E-state index in [4.69, 9.17) is 4.74 Å². The number of carbonyl (C=O) groups is 2. The number of amides is 1. The number of benzene rings is 1. The highest BCUT2D eigenvalue weighted by Crippen LogP contribution is 2.19. The van der Waals surface area contributed by atoms with Gasteiger partial charge in [-0.2, -0.15) is 8.78 Å². The molecule has 0 radical (unpaired) electrons. The second-order valence-corrected chi connectivity index (χ2v) is 5.73. The second-order valence-electron chi connectivity index (χ2n) is 4.88. The van der Waals surface area contributed by atoms with Crippen LogP contribution < -0.4 is 10.1 Å². The predicted molar refractivity (Wildman–Crippen MR) is 87.9 cm³/mol. The van der Waals surface area contributed by atoms with Crippen molar-refractivity contribution in [1.82, 2.24) is 4.98 Å². The van der Waals surface area contributed by atoms with E-state index in [2.05, 4.69) is 15.0 Å². The highest BCUT2D eigenvalue weighted by Gasteiger charge is 2.12. The molecule has 2 rings (SSSR count). The maximum Gasteiger partial charge on any atom is 0.387 e. The second kappa shape index (κ2) is 9.07. The Morgan fingerprint density at radius 1 is 1.32 bits per heavy atom. The molecule has 1 aromatic carbocycles. The average molecular weight is 370 g/mol. The topological polar surface area (TPSA) is 77.5 Å². The molecule has 0 unspecified atom stereocenters. The van der Waals surface area contributed by atoms with Crippen LogP contribution in [0.15, 0.2) is 29.6 Å². The molecule has 0 bridgehead atoms. The summed E-state index contributed by atoms with van der Waals surface area (Å²) in [5, 5.41) is 4.61. The van der Waals surface area contributed by atoms with Gasteiger partial charge in [-0.25, -0.2) is 4.98 Å². The van der Waals surface area contributed by atoms with Crippen molar-refractivity contribution in [3.8, 4) is 5.75 Å². The van der Waals surface area contributed by atoms with E-state index in [1.54, 1.807) is 18.4 Å². The number of ether oxygens (including phenoxy) is 2. The molecule has 134 valence electrons. The summed E-state index contributed by atoms with van der Waals surface area (Å²) < 4.78 is 33.5. The maximum atomic E-state index is 12.2. The number of rotatable bonds is 8. The van der Waals surface area contributed by atoms with E-state index in [9.17, 15) is 18.4 Å². The van der Waals surface area contributed by atoms with Gasteiger partial charge in [0, 0.05) is 5.38 Å². The van der Waals surface area contributed by atoms with Gasteiger partial charge in [-0.3, -0.25) is 9.59 Å². The van der Waals surface area contributed by atoms with Crippen LogP contribution in [-0.2, 0) is 27.2 Å². The monoisotopic (exact) mass is 370 g/mol. The molecule has 0 saturated carbocycles. The Kier molecular flexibility index (Phi) is 6.81. The molecule has 0 saturated heterocycles. The third-order valence-electron chi connectivity index (χ3n) is 2.92. The number of anilines is 1. The number of thiazole rings is 1. The molecule has 0 fully saturated rings. The van der Waals surface area contributed by atoms with Crippen molar-refractivity contribution in [3.63, 3.8) is 0 Å². The molecular weight excluding hydrogens is 354 g/mol. The van der Waals surface area contributed by atoms with Crippen molar-refractivity contribution in [2.75, 3.05) is 11.9 Å². The fourth-order valence-electron chi connectivity index (χ4n) is 1.99. The van der Waals surface area contributed by atoms with Crippen LogP contribution in [0, 0.1) is 0 Å². The van der Waals surface area contributed by atoms with Gasteiger partial charge in [-0.1, -0.05) is 12.1 Å². The number of halogens is 2. The zero-order valence-electron chi connectivity index (χ0n) is 13.3. The lowest BCUT2D eigenvalue weighted by atomic mass is 10.1. The fourth-order valence-corrected chi connectivity index (χ4v) is 2.71. The highest BCUT2D eigenvalue weighted by atomic mass is 32.1. The van der Waals surface area contributed by atoms with Gasteiger partial charge in [0.2, 0.25) is 5.91 Å². The zero-order valence-corrected chi connectivity index (χ0v) is 14.1. The molecule has 1 aromatic heterocycles. The van der Waals surface area contributed by atoms with Crippen LogP contribution in [-0.4, -0.2) is 30.1 Å². The van der Waals surface area contributed by atoms with Crippen molar-refractivity contribution in [1.29, 1.82) is 0 Å². The molecule has 1 amide bonds. The molecule has 0 aliphatic rings. The summed E-state index contributed by atoms with van der Waals surface area (Å²) in [5.41, 5.74) is 1.03. The quantitative estimate of drug-likeness (QED) is 0.723. The minimum Gasteiger partial charge on any atom is -0.466 e. The zero-order chi connectivity index (χ0) is 18.2. The Morgan fingerprint density at radius 2 is 2.12 bits per heavy atom. The number of esters is 1. The summed E-state index contributed by atoms with van der Waals surface area (Å²) in [4.78, 5) is 27.5. The average Bonchev–Trinajstić information content (AvgIpc) is 2.93. The summed E-state index contributed by atoms with van der Waals surface area (Å²) in [7, 11) is 0. The number of hydrogen-bond donors (Lipinski definition) is 1. The minimum atomic E-state index is -2.92. The van der Waals surface area contributed by atoms with E-state index in [0.717, 1.165) is 0 Å². The first-order chi connectivity index (χ1) is 12.0. The van der Waals surface area contributed by atoms with Gasteiger partial charge in [0.05, 0.1) is 25.1 Å². The standard InChI is InChI=1S/C16H16F2N2O4S/c1-2-23-14(22)8-11-9-25-16(19-11)20-13(21)7-10-4-3-5-12(6-10)24-15(17)18/h3-6,9,15H,2,7-8H2,1H3,(H,19,20,21). The molecule has 0 aliphatic carbocycles. The fraction of sp³-hybridized carbons (Fsp3) is 0.312. The van der Waals surface area contributed by atoms with Crippen LogP contribution >= 0.6 is 11.3 Å². The first-order valence-electron chi connectivity index (χ1n) is 7.40. The smallest absolute Gasteiger partial charge is 0.387 e. The lowest BCUT2D eigenvalue weighted by Gasteiger charge is -2.06. The highest BCUT2D eigenvalue weighted by molar-refractivity contribution is 7.13. The number of nitrogens with zero attached hydrogens (tertiary/aromatic N) is 1. The van der Waals surface area contributed by atoms with Gasteiger partial charge < -0.3 is 14.8 Å². The van der Waals surface area contributed by atoms with E-state index in [1.807, 2.05) is 0 Å². The van der Waals surface area contributed by atoms with E-state index in [-0.39, 0.29) is 30.5 Å². The molecule has 2 aromatic rings. The largest absolute Gasteiger partial charge is 0.466 e. The maximum absolute atomic E-state index is 12.2. The molecule has 6 nitrogen and oxygen atoms in total. The number of aromatic nitrogens is 1. The number of hydrogen-bond acceptors (Lipinski definition) is 6. The van der Waals surface area contributed by atoms with Crippen LogP contribution in [0.25, 0.3) is 0 Å². The predicted octanol–water partition coefficient (Wildman–Crippen LogP) is 3.03. The minimum absolute atomic E-state index is 0.00808. The Labute approximate surface area is 146 Å². The molecule has 1 N–H and O–H groups in total. The van der Waals surface area contributed by atoms with E-state index < -0.39 is 6.61 Å². The van der Waals surface area contributed by atoms with Gasteiger partial charge in [0.1, 0.15) is 5.75 Å². The van der Waals surface area contributed by atoms with Gasteiger partial charge in [0.25, 0.3) is 0 Å². The van der Waals surface area contributed by atoms with E-state index >= 15 is 0 Å². The van der Waals surface area contributed by atoms with E-state index in [1.165, 1.54) is 29.5 Å². The first kappa shape index (κ1) is 18.8. The van der Waals surface area contributed by atoms with Crippen molar-refractivity contribution in [2.24, 2.45) is 0 Å². The van der Waals surface area contributed by atoms with E-state index in [0.29, 0.717) is 23.0 Å². The molecular formula is C16H16F2N2O4S. The molecule has 0 aliphatic heterocycles. The summed E-state index contributed by atoms with van der Waals surface area (Å²) in [5.74, 6) is -0.751. The SMILES string of the molecule is CCOC(=O)Cc1csc(NC(=O)Cc2cccc(OC(F)F)c2)n1. The Bertz CT molecular complexity index is 736. The summed E-state index contributed by atoms with van der Waals surface area (Å²) in [6, 6.07) is 5.92. The van der Waals surface area contributed by atoms with Crippen LogP contribution in [0.1, 0.15) is 18.2 Å². The molecule has 9 heteroatoms.